The number of nitrogens with zero attached hydrogens (tertiary/aromatic N) is 3. The van der Waals surface area contributed by atoms with Crippen LogP contribution in [0, 0.1) is 0 Å². The molecule has 1 aliphatic rings. The molecule has 1 aromatic carbocycles. The summed E-state index contributed by atoms with van der Waals surface area (Å²) in [6.45, 7) is 5.92. The SMILES string of the molecule is CC(C)Oc1cc(Br)ccc1C(=O)N1CCN(C(=O)Cc2ccccn2)CC1. The first-order chi connectivity index (χ1) is 13.4. The van der Waals surface area contributed by atoms with Crippen LogP contribution in [0.15, 0.2) is 47.1 Å². The molecule has 0 radical (unpaired) electrons. The van der Waals surface area contributed by atoms with E-state index in [0.717, 1.165) is 10.2 Å². The molecular formula is C21H24BrN3O3. The summed E-state index contributed by atoms with van der Waals surface area (Å²) in [5, 5.41) is 0. The van der Waals surface area contributed by atoms with Crippen LogP contribution in [0.4, 0.5) is 0 Å². The molecule has 2 heterocycles. The van der Waals surface area contributed by atoms with Gasteiger partial charge in [0.25, 0.3) is 5.91 Å². The van der Waals surface area contributed by atoms with Gasteiger partial charge in [0.15, 0.2) is 0 Å². The van der Waals surface area contributed by atoms with Gasteiger partial charge < -0.3 is 14.5 Å². The number of hydrogen-bond acceptors (Lipinski definition) is 4. The minimum atomic E-state index is -0.0695. The predicted octanol–water partition coefficient (Wildman–Crippen LogP) is 3.16. The van der Waals surface area contributed by atoms with Gasteiger partial charge in [-0.05, 0) is 44.2 Å². The number of hydrogen-bond donors (Lipinski definition) is 0. The van der Waals surface area contributed by atoms with Crippen LogP contribution in [-0.2, 0) is 11.2 Å². The zero-order valence-corrected chi connectivity index (χ0v) is 17.7. The Morgan fingerprint density at radius 3 is 2.46 bits per heavy atom. The number of amides is 2. The Morgan fingerprint density at radius 2 is 1.82 bits per heavy atom. The Balaban J connectivity index is 1.62. The van der Waals surface area contributed by atoms with Crippen LogP contribution >= 0.6 is 15.9 Å². The third-order valence-electron chi connectivity index (χ3n) is 4.51. The topological polar surface area (TPSA) is 62.7 Å². The molecule has 2 aromatic rings. The first-order valence-corrected chi connectivity index (χ1v) is 10.2. The summed E-state index contributed by atoms with van der Waals surface area (Å²) in [7, 11) is 0. The highest BCUT2D eigenvalue weighted by Gasteiger charge is 2.27. The van der Waals surface area contributed by atoms with Gasteiger partial charge in [0, 0.05) is 42.5 Å². The van der Waals surface area contributed by atoms with Crippen molar-refractivity contribution in [2.75, 3.05) is 26.2 Å². The summed E-state index contributed by atoms with van der Waals surface area (Å²) in [5.41, 5.74) is 1.31. The van der Waals surface area contributed by atoms with Gasteiger partial charge in [-0.2, -0.15) is 0 Å². The summed E-state index contributed by atoms with van der Waals surface area (Å²) in [6.07, 6.45) is 1.95. The number of ether oxygens (including phenoxy) is 1. The maximum Gasteiger partial charge on any atom is 0.257 e. The molecule has 6 nitrogen and oxygen atoms in total. The van der Waals surface area contributed by atoms with E-state index in [-0.39, 0.29) is 24.3 Å². The van der Waals surface area contributed by atoms with Gasteiger partial charge in [0.05, 0.1) is 18.1 Å². The van der Waals surface area contributed by atoms with Gasteiger partial charge >= 0.3 is 0 Å². The molecule has 148 valence electrons. The fraction of sp³-hybridized carbons (Fsp3) is 0.381. The van der Waals surface area contributed by atoms with Crippen molar-refractivity contribution in [3.05, 3.63) is 58.3 Å². The van der Waals surface area contributed by atoms with Crippen molar-refractivity contribution < 1.29 is 14.3 Å². The maximum atomic E-state index is 13.0. The number of benzene rings is 1. The summed E-state index contributed by atoms with van der Waals surface area (Å²) in [5.74, 6) is 0.543. The molecule has 3 rings (SSSR count). The smallest absolute Gasteiger partial charge is 0.257 e. The van der Waals surface area contributed by atoms with E-state index in [1.165, 1.54) is 0 Å². The molecular weight excluding hydrogens is 422 g/mol. The highest BCUT2D eigenvalue weighted by atomic mass is 79.9. The highest BCUT2D eigenvalue weighted by molar-refractivity contribution is 9.10. The number of rotatable bonds is 5. The van der Waals surface area contributed by atoms with Gasteiger partial charge in [-0.1, -0.05) is 22.0 Å². The standard InChI is InChI=1S/C21H24BrN3O3/c1-15(2)28-19-13-16(22)6-7-18(19)21(27)25-11-9-24(10-12-25)20(26)14-17-5-3-4-8-23-17/h3-8,13,15H,9-12,14H2,1-2H3. The lowest BCUT2D eigenvalue weighted by molar-refractivity contribution is -0.132. The highest BCUT2D eigenvalue weighted by Crippen LogP contribution is 2.26. The van der Waals surface area contributed by atoms with Gasteiger partial charge in [0.1, 0.15) is 5.75 Å². The number of aromatic nitrogens is 1. The average molecular weight is 446 g/mol. The third kappa shape index (κ3) is 5.10. The van der Waals surface area contributed by atoms with Gasteiger partial charge in [-0.25, -0.2) is 0 Å². The number of piperazine rings is 1. The van der Waals surface area contributed by atoms with Crippen LogP contribution in [0.25, 0.3) is 0 Å². The Hall–Kier alpha value is -2.41. The van der Waals surface area contributed by atoms with E-state index in [4.69, 9.17) is 4.74 Å². The molecule has 1 aromatic heterocycles. The minimum absolute atomic E-state index is 0.0260. The monoisotopic (exact) mass is 445 g/mol. The number of pyridine rings is 1. The second kappa shape index (κ2) is 9.19. The Labute approximate surface area is 173 Å². The van der Waals surface area contributed by atoms with Crippen LogP contribution in [0.3, 0.4) is 0 Å². The van der Waals surface area contributed by atoms with Crippen LogP contribution in [-0.4, -0.2) is 58.9 Å². The zero-order valence-electron chi connectivity index (χ0n) is 16.1. The zero-order chi connectivity index (χ0) is 20.1. The van der Waals surface area contributed by atoms with Crippen LogP contribution < -0.4 is 4.74 Å². The maximum absolute atomic E-state index is 13.0. The quantitative estimate of drug-likeness (QED) is 0.708. The predicted molar refractivity (Wildman–Crippen MR) is 110 cm³/mol. The molecule has 0 bridgehead atoms. The van der Waals surface area contributed by atoms with E-state index in [1.54, 1.807) is 22.1 Å². The van der Waals surface area contributed by atoms with E-state index >= 15 is 0 Å². The lowest BCUT2D eigenvalue weighted by atomic mass is 10.1. The van der Waals surface area contributed by atoms with Crippen molar-refractivity contribution in [1.82, 2.24) is 14.8 Å². The first kappa shape index (κ1) is 20.3. The Bertz CT molecular complexity index is 834. The Morgan fingerprint density at radius 1 is 1.11 bits per heavy atom. The fourth-order valence-corrected chi connectivity index (χ4v) is 3.46. The molecule has 0 aliphatic carbocycles. The van der Waals surface area contributed by atoms with Crippen LogP contribution in [0.2, 0.25) is 0 Å². The van der Waals surface area contributed by atoms with Gasteiger partial charge in [-0.15, -0.1) is 0 Å². The fourth-order valence-electron chi connectivity index (χ4n) is 3.12. The van der Waals surface area contributed by atoms with Gasteiger partial charge in [-0.3, -0.25) is 14.6 Å². The van der Waals surface area contributed by atoms with Crippen LogP contribution in [0.1, 0.15) is 29.9 Å². The second-order valence-electron chi connectivity index (χ2n) is 6.98. The van der Waals surface area contributed by atoms with Crippen molar-refractivity contribution in [2.45, 2.75) is 26.4 Å². The van der Waals surface area contributed by atoms with Crippen molar-refractivity contribution in [3.63, 3.8) is 0 Å². The minimum Gasteiger partial charge on any atom is -0.490 e. The molecule has 0 N–H and O–H groups in total. The van der Waals surface area contributed by atoms with Gasteiger partial charge in [0.2, 0.25) is 5.91 Å². The van der Waals surface area contributed by atoms with Crippen molar-refractivity contribution >= 4 is 27.7 Å². The summed E-state index contributed by atoms with van der Waals surface area (Å²) < 4.78 is 6.68. The molecule has 0 saturated carbocycles. The normalized spacial score (nSPS) is 14.3. The molecule has 7 heteroatoms. The molecule has 1 aliphatic heterocycles. The Kier molecular flexibility index (Phi) is 6.67. The van der Waals surface area contributed by atoms with E-state index < -0.39 is 0 Å². The summed E-state index contributed by atoms with van der Waals surface area (Å²) in [6, 6.07) is 11.0. The van der Waals surface area contributed by atoms with E-state index in [1.807, 2.05) is 44.2 Å². The molecule has 1 saturated heterocycles. The largest absolute Gasteiger partial charge is 0.490 e. The van der Waals surface area contributed by atoms with Crippen molar-refractivity contribution in [2.24, 2.45) is 0 Å². The lowest BCUT2D eigenvalue weighted by Gasteiger charge is -2.35. The second-order valence-corrected chi connectivity index (χ2v) is 7.89. The number of carbonyl (C=O) groups excluding carboxylic acids is 2. The van der Waals surface area contributed by atoms with Crippen LogP contribution in [0.5, 0.6) is 5.75 Å². The lowest BCUT2D eigenvalue weighted by Crippen LogP contribution is -2.51. The average Bonchev–Trinajstić information content (AvgIpc) is 2.68. The molecule has 0 spiro atoms. The van der Waals surface area contributed by atoms with Crippen molar-refractivity contribution in [1.29, 1.82) is 0 Å². The van der Waals surface area contributed by atoms with E-state index in [2.05, 4.69) is 20.9 Å². The summed E-state index contributed by atoms with van der Waals surface area (Å²) >= 11 is 3.43. The van der Waals surface area contributed by atoms with Crippen molar-refractivity contribution in [3.8, 4) is 5.75 Å². The first-order valence-electron chi connectivity index (χ1n) is 9.37. The molecule has 1 fully saturated rings. The molecule has 28 heavy (non-hydrogen) atoms. The molecule has 0 unspecified atom stereocenters. The van der Waals surface area contributed by atoms with E-state index in [9.17, 15) is 9.59 Å². The molecule has 2 amide bonds. The molecule has 0 atom stereocenters. The van der Waals surface area contributed by atoms with E-state index in [0.29, 0.717) is 37.5 Å². The summed E-state index contributed by atoms with van der Waals surface area (Å²) in [4.78, 5) is 33.3. The number of halogens is 1. The number of carbonyl (C=O) groups is 2. The third-order valence-corrected chi connectivity index (χ3v) is 5.01.